The number of fused-ring (bicyclic) bond motifs is 1. The van der Waals surface area contributed by atoms with Gasteiger partial charge in [-0.1, -0.05) is 0 Å². The number of hydrogen-bond acceptors (Lipinski definition) is 3. The van der Waals surface area contributed by atoms with E-state index in [1.165, 1.54) is 0 Å². The molecule has 0 radical (unpaired) electrons. The number of carbonyl (C=O) groups excluding carboxylic acids is 1. The van der Waals surface area contributed by atoms with Gasteiger partial charge < -0.3 is 9.30 Å². The van der Waals surface area contributed by atoms with Crippen molar-refractivity contribution in [2.24, 2.45) is 0 Å². The Hall–Kier alpha value is -1.32. The molecule has 58 valence electrons. The lowest BCUT2D eigenvalue weighted by Crippen LogP contribution is -2.13. The molecule has 0 spiro atoms. The highest BCUT2D eigenvalue weighted by Crippen LogP contribution is 2.15. The number of aryl methyl sites for hydroxylation is 1. The number of ether oxygens (including phenoxy) is 1. The van der Waals surface area contributed by atoms with E-state index in [9.17, 15) is 4.79 Å². The molecule has 1 aromatic heterocycles. The zero-order valence-electron chi connectivity index (χ0n) is 5.99. The van der Waals surface area contributed by atoms with Crippen LogP contribution >= 0.6 is 0 Å². The molecule has 0 atom stereocenters. The van der Waals surface area contributed by atoms with Crippen LogP contribution in [0.25, 0.3) is 0 Å². The topological polar surface area (TPSA) is 44.1 Å². The molecule has 0 N–H and O–H groups in total. The van der Waals surface area contributed by atoms with Gasteiger partial charge in [0, 0.05) is 12.7 Å². The fourth-order valence-electron chi connectivity index (χ4n) is 1.15. The zero-order chi connectivity index (χ0) is 7.68. The van der Waals surface area contributed by atoms with E-state index in [2.05, 4.69) is 4.98 Å². The van der Waals surface area contributed by atoms with Crippen LogP contribution in [0.5, 0.6) is 6.01 Å². The molecule has 0 aromatic carbocycles. The molecule has 0 saturated heterocycles. The van der Waals surface area contributed by atoms with E-state index >= 15 is 0 Å². The average Bonchev–Trinajstić information content (AvgIpc) is 2.46. The summed E-state index contributed by atoms with van der Waals surface area (Å²) < 4.78 is 7.05. The second kappa shape index (κ2) is 2.38. The van der Waals surface area contributed by atoms with E-state index < -0.39 is 0 Å². The molecular formula is C7H8N2O2. The van der Waals surface area contributed by atoms with Crippen LogP contribution in [-0.2, 0) is 6.54 Å². The molecule has 2 rings (SSSR count). The van der Waals surface area contributed by atoms with Crippen LogP contribution in [0.4, 0.5) is 0 Å². The van der Waals surface area contributed by atoms with E-state index in [-0.39, 0.29) is 0 Å². The number of nitrogens with zero attached hydrogens (tertiary/aromatic N) is 2. The normalized spacial score (nSPS) is 15.3. The SMILES string of the molecule is O=Cc1cn2c(n1)OCCC2. The number of aldehydes is 1. The van der Waals surface area contributed by atoms with Gasteiger partial charge in [-0.3, -0.25) is 4.79 Å². The standard InChI is InChI=1S/C7H8N2O2/c10-5-6-4-9-2-1-3-11-7(9)8-6/h4-5H,1-3H2. The first-order chi connectivity index (χ1) is 5.40. The molecule has 4 heteroatoms. The first-order valence-corrected chi connectivity index (χ1v) is 3.55. The molecule has 1 aromatic rings. The highest BCUT2D eigenvalue weighted by Gasteiger charge is 2.12. The van der Waals surface area contributed by atoms with Crippen LogP contribution in [-0.4, -0.2) is 22.4 Å². The van der Waals surface area contributed by atoms with Gasteiger partial charge in [0.15, 0.2) is 6.29 Å². The number of aromatic nitrogens is 2. The van der Waals surface area contributed by atoms with Gasteiger partial charge in [0.2, 0.25) is 0 Å². The Morgan fingerprint density at radius 1 is 1.73 bits per heavy atom. The van der Waals surface area contributed by atoms with Gasteiger partial charge in [0.05, 0.1) is 6.61 Å². The monoisotopic (exact) mass is 152 g/mol. The molecule has 0 fully saturated rings. The Kier molecular flexibility index (Phi) is 1.38. The van der Waals surface area contributed by atoms with E-state index in [0.29, 0.717) is 18.3 Å². The zero-order valence-corrected chi connectivity index (χ0v) is 5.99. The van der Waals surface area contributed by atoms with Gasteiger partial charge in [0.25, 0.3) is 6.01 Å². The minimum Gasteiger partial charge on any atom is -0.465 e. The smallest absolute Gasteiger partial charge is 0.296 e. The second-order valence-corrected chi connectivity index (χ2v) is 2.46. The van der Waals surface area contributed by atoms with Crippen molar-refractivity contribution in [3.63, 3.8) is 0 Å². The summed E-state index contributed by atoms with van der Waals surface area (Å²) in [4.78, 5) is 14.2. The molecule has 11 heavy (non-hydrogen) atoms. The predicted molar refractivity (Wildman–Crippen MR) is 37.7 cm³/mol. The maximum Gasteiger partial charge on any atom is 0.296 e. The largest absolute Gasteiger partial charge is 0.465 e. The first-order valence-electron chi connectivity index (χ1n) is 3.55. The van der Waals surface area contributed by atoms with Gasteiger partial charge in [-0.2, -0.15) is 4.98 Å². The van der Waals surface area contributed by atoms with Crippen molar-refractivity contribution in [3.8, 4) is 6.01 Å². The molecule has 4 nitrogen and oxygen atoms in total. The predicted octanol–water partition coefficient (Wildman–Crippen LogP) is 0.478. The summed E-state index contributed by atoms with van der Waals surface area (Å²) in [7, 11) is 0. The Labute approximate surface area is 63.8 Å². The van der Waals surface area contributed by atoms with Crippen molar-refractivity contribution in [2.45, 2.75) is 13.0 Å². The van der Waals surface area contributed by atoms with E-state index in [4.69, 9.17) is 4.74 Å². The van der Waals surface area contributed by atoms with E-state index in [1.807, 2.05) is 4.57 Å². The van der Waals surface area contributed by atoms with Crippen molar-refractivity contribution in [1.29, 1.82) is 0 Å². The summed E-state index contributed by atoms with van der Waals surface area (Å²) in [6.07, 6.45) is 3.43. The third-order valence-corrected chi connectivity index (χ3v) is 1.65. The number of carbonyl (C=O) groups is 1. The van der Waals surface area contributed by atoms with Gasteiger partial charge >= 0.3 is 0 Å². The summed E-state index contributed by atoms with van der Waals surface area (Å²) in [6, 6.07) is 0.568. The van der Waals surface area contributed by atoms with Crippen LogP contribution in [0.1, 0.15) is 16.9 Å². The third kappa shape index (κ3) is 1.00. The summed E-state index contributed by atoms with van der Waals surface area (Å²) in [5, 5.41) is 0. The lowest BCUT2D eigenvalue weighted by atomic mass is 10.4. The third-order valence-electron chi connectivity index (χ3n) is 1.65. The molecule has 0 unspecified atom stereocenters. The van der Waals surface area contributed by atoms with Gasteiger partial charge in [-0.25, -0.2) is 0 Å². The Balaban J connectivity index is 2.39. The number of rotatable bonds is 1. The number of imidazole rings is 1. The van der Waals surface area contributed by atoms with Crippen molar-refractivity contribution >= 4 is 6.29 Å². The Morgan fingerprint density at radius 2 is 2.64 bits per heavy atom. The van der Waals surface area contributed by atoms with Crippen LogP contribution in [0.3, 0.4) is 0 Å². The lowest BCUT2D eigenvalue weighted by Gasteiger charge is -2.13. The quantitative estimate of drug-likeness (QED) is 0.550. The molecule has 0 bridgehead atoms. The summed E-state index contributed by atoms with van der Waals surface area (Å²) in [5.41, 5.74) is 0.446. The number of hydrogen-bond donors (Lipinski definition) is 0. The maximum absolute atomic E-state index is 10.3. The molecule has 0 saturated carbocycles. The second-order valence-electron chi connectivity index (χ2n) is 2.46. The minimum absolute atomic E-state index is 0.446. The van der Waals surface area contributed by atoms with E-state index in [0.717, 1.165) is 19.3 Å². The van der Waals surface area contributed by atoms with Gasteiger partial charge in [-0.05, 0) is 6.42 Å². The highest BCUT2D eigenvalue weighted by atomic mass is 16.5. The lowest BCUT2D eigenvalue weighted by molar-refractivity contribution is 0.111. The van der Waals surface area contributed by atoms with Crippen LogP contribution in [0.15, 0.2) is 6.20 Å². The van der Waals surface area contributed by atoms with Gasteiger partial charge in [-0.15, -0.1) is 0 Å². The fourth-order valence-corrected chi connectivity index (χ4v) is 1.15. The van der Waals surface area contributed by atoms with Crippen LogP contribution in [0, 0.1) is 0 Å². The van der Waals surface area contributed by atoms with Crippen molar-refractivity contribution in [2.75, 3.05) is 6.61 Å². The average molecular weight is 152 g/mol. The molecule has 1 aliphatic rings. The minimum atomic E-state index is 0.446. The molecule has 0 aliphatic carbocycles. The van der Waals surface area contributed by atoms with Crippen molar-refractivity contribution in [1.82, 2.24) is 9.55 Å². The maximum atomic E-state index is 10.3. The summed E-state index contributed by atoms with van der Waals surface area (Å²) in [5.74, 6) is 0. The first kappa shape index (κ1) is 6.39. The highest BCUT2D eigenvalue weighted by molar-refractivity contribution is 5.71. The molecule has 1 aliphatic heterocycles. The van der Waals surface area contributed by atoms with Crippen molar-refractivity contribution in [3.05, 3.63) is 11.9 Å². The molecule has 0 amide bonds. The molecule has 2 heterocycles. The Bertz CT molecular complexity index is 256. The van der Waals surface area contributed by atoms with Crippen LogP contribution < -0.4 is 4.74 Å². The van der Waals surface area contributed by atoms with Gasteiger partial charge in [0.1, 0.15) is 5.69 Å². The van der Waals surface area contributed by atoms with Crippen LogP contribution in [0.2, 0.25) is 0 Å². The van der Waals surface area contributed by atoms with E-state index in [1.54, 1.807) is 6.20 Å². The fraction of sp³-hybridized carbons (Fsp3) is 0.429. The summed E-state index contributed by atoms with van der Waals surface area (Å²) >= 11 is 0. The summed E-state index contributed by atoms with van der Waals surface area (Å²) in [6.45, 7) is 1.60. The molecular weight excluding hydrogens is 144 g/mol. The van der Waals surface area contributed by atoms with Crippen molar-refractivity contribution < 1.29 is 9.53 Å². The Morgan fingerprint density at radius 3 is 3.36 bits per heavy atom.